The summed E-state index contributed by atoms with van der Waals surface area (Å²) in [7, 11) is -3.95. The largest absolute Gasteiger partial charge is 0.325 e. The third kappa shape index (κ3) is 4.53. The minimum atomic E-state index is -3.95. The van der Waals surface area contributed by atoms with Gasteiger partial charge < -0.3 is 5.32 Å². The second kappa shape index (κ2) is 8.44. The molecule has 0 atom stereocenters. The van der Waals surface area contributed by atoms with Crippen LogP contribution in [0.4, 0.5) is 14.5 Å². The van der Waals surface area contributed by atoms with Crippen molar-refractivity contribution in [3.05, 3.63) is 57.5 Å². The second-order valence-electron chi connectivity index (χ2n) is 6.37. The van der Waals surface area contributed by atoms with E-state index in [4.69, 9.17) is 11.6 Å². The Morgan fingerprint density at radius 1 is 1.11 bits per heavy atom. The summed E-state index contributed by atoms with van der Waals surface area (Å²) in [6, 6.07) is 7.56. The van der Waals surface area contributed by atoms with Crippen molar-refractivity contribution in [2.75, 3.05) is 18.4 Å². The minimum absolute atomic E-state index is 0.105. The van der Waals surface area contributed by atoms with Gasteiger partial charge in [-0.3, -0.25) is 4.79 Å². The van der Waals surface area contributed by atoms with Crippen LogP contribution in [0.15, 0.2) is 45.8 Å². The summed E-state index contributed by atoms with van der Waals surface area (Å²) >= 11 is 9.39. The Morgan fingerprint density at radius 3 is 2.39 bits per heavy atom. The lowest BCUT2D eigenvalue weighted by molar-refractivity contribution is -0.120. The van der Waals surface area contributed by atoms with Gasteiger partial charge in [-0.2, -0.15) is 4.31 Å². The number of nitrogens with zero attached hydrogens (tertiary/aromatic N) is 1. The zero-order chi connectivity index (χ0) is 20.5. The van der Waals surface area contributed by atoms with Crippen LogP contribution in [-0.2, 0) is 14.8 Å². The average Bonchev–Trinajstić information content (AvgIpc) is 2.66. The Kier molecular flexibility index (Phi) is 6.38. The zero-order valence-electron chi connectivity index (χ0n) is 14.5. The molecule has 1 saturated heterocycles. The van der Waals surface area contributed by atoms with Crippen LogP contribution in [0, 0.1) is 17.6 Å². The highest BCUT2D eigenvalue weighted by Gasteiger charge is 2.32. The molecule has 5 nitrogen and oxygen atoms in total. The number of anilines is 1. The summed E-state index contributed by atoms with van der Waals surface area (Å²) in [5.41, 5.74) is 0.478. The molecule has 0 aromatic heterocycles. The number of halogens is 4. The van der Waals surface area contributed by atoms with Crippen LogP contribution in [0.1, 0.15) is 12.8 Å². The van der Waals surface area contributed by atoms with E-state index in [1.54, 1.807) is 18.2 Å². The smallest absolute Gasteiger partial charge is 0.243 e. The molecule has 0 saturated carbocycles. The van der Waals surface area contributed by atoms with Gasteiger partial charge in [0, 0.05) is 23.5 Å². The number of carbonyl (C=O) groups excluding carboxylic acids is 1. The van der Waals surface area contributed by atoms with Crippen molar-refractivity contribution in [3.8, 4) is 0 Å². The molecular weight excluding hydrogens is 478 g/mol. The molecular formula is C18H16BrClF2N2O3S. The average molecular weight is 494 g/mol. The first-order valence-electron chi connectivity index (χ1n) is 8.39. The minimum Gasteiger partial charge on any atom is -0.325 e. The van der Waals surface area contributed by atoms with Crippen LogP contribution < -0.4 is 5.32 Å². The normalized spacial score (nSPS) is 16.1. The van der Waals surface area contributed by atoms with Gasteiger partial charge in [0.1, 0.15) is 0 Å². The van der Waals surface area contributed by atoms with Gasteiger partial charge in [0.25, 0.3) is 0 Å². The number of amides is 1. The molecule has 2 aromatic rings. The summed E-state index contributed by atoms with van der Waals surface area (Å²) in [4.78, 5) is 12.2. The molecule has 0 spiro atoms. The van der Waals surface area contributed by atoms with Gasteiger partial charge in [-0.25, -0.2) is 17.2 Å². The van der Waals surface area contributed by atoms with Crippen molar-refractivity contribution in [1.29, 1.82) is 0 Å². The first-order valence-corrected chi connectivity index (χ1v) is 11.0. The van der Waals surface area contributed by atoms with Gasteiger partial charge in [0.05, 0.1) is 15.6 Å². The number of carbonyl (C=O) groups is 1. The Hall–Kier alpha value is -1.55. The lowest BCUT2D eigenvalue weighted by atomic mass is 9.97. The fourth-order valence-corrected chi connectivity index (χ4v) is 5.17. The molecule has 1 N–H and O–H groups in total. The molecule has 0 aliphatic carbocycles. The summed E-state index contributed by atoms with van der Waals surface area (Å²) in [5, 5.41) is 3.15. The van der Waals surface area contributed by atoms with E-state index in [9.17, 15) is 22.0 Å². The summed E-state index contributed by atoms with van der Waals surface area (Å²) in [5.74, 6) is -2.95. The number of hydrogen-bond acceptors (Lipinski definition) is 3. The molecule has 1 aliphatic rings. The summed E-state index contributed by atoms with van der Waals surface area (Å²) in [6.45, 7) is 0.209. The quantitative estimate of drug-likeness (QED) is 0.686. The molecule has 2 aromatic carbocycles. The van der Waals surface area contributed by atoms with E-state index in [1.165, 1.54) is 4.31 Å². The topological polar surface area (TPSA) is 66.5 Å². The van der Waals surface area contributed by atoms with Crippen LogP contribution in [0.2, 0.25) is 5.02 Å². The maximum Gasteiger partial charge on any atom is 0.243 e. The van der Waals surface area contributed by atoms with Crippen molar-refractivity contribution in [2.45, 2.75) is 17.7 Å². The van der Waals surface area contributed by atoms with E-state index < -0.39 is 21.7 Å². The first-order chi connectivity index (χ1) is 13.2. The third-order valence-corrected chi connectivity index (χ3v) is 7.24. The summed E-state index contributed by atoms with van der Waals surface area (Å²) < 4.78 is 53.6. The van der Waals surface area contributed by atoms with E-state index in [1.807, 2.05) is 0 Å². The lowest BCUT2D eigenvalue weighted by Crippen LogP contribution is -2.41. The van der Waals surface area contributed by atoms with E-state index in [0.717, 1.165) is 16.6 Å². The monoisotopic (exact) mass is 492 g/mol. The highest BCUT2D eigenvalue weighted by molar-refractivity contribution is 9.10. The van der Waals surface area contributed by atoms with E-state index in [-0.39, 0.29) is 29.8 Å². The fraction of sp³-hybridized carbons (Fsp3) is 0.278. The van der Waals surface area contributed by atoms with E-state index in [0.29, 0.717) is 29.6 Å². The SMILES string of the molecule is O=C(Nc1ccc(Br)cc1Cl)C1CCN(S(=O)(=O)c2ccc(F)c(F)c2)CC1. The number of benzene rings is 2. The first kappa shape index (κ1) is 21.2. The predicted octanol–water partition coefficient (Wildman–Crippen LogP) is 4.42. The van der Waals surface area contributed by atoms with Gasteiger partial charge >= 0.3 is 0 Å². The highest BCUT2D eigenvalue weighted by atomic mass is 79.9. The molecule has 3 rings (SSSR count). The number of rotatable bonds is 4. The molecule has 1 amide bonds. The predicted molar refractivity (Wildman–Crippen MR) is 106 cm³/mol. The zero-order valence-corrected chi connectivity index (χ0v) is 17.6. The Balaban J connectivity index is 1.64. The second-order valence-corrected chi connectivity index (χ2v) is 9.63. The molecule has 1 aliphatic heterocycles. The van der Waals surface area contributed by atoms with Gasteiger partial charge in [-0.1, -0.05) is 27.5 Å². The maximum absolute atomic E-state index is 13.4. The van der Waals surface area contributed by atoms with Crippen molar-refractivity contribution in [2.24, 2.45) is 5.92 Å². The third-order valence-electron chi connectivity index (χ3n) is 4.54. The molecule has 0 radical (unpaired) electrons. The molecule has 1 heterocycles. The van der Waals surface area contributed by atoms with Crippen LogP contribution in [0.3, 0.4) is 0 Å². The van der Waals surface area contributed by atoms with Crippen LogP contribution in [0.5, 0.6) is 0 Å². The van der Waals surface area contributed by atoms with Crippen LogP contribution in [-0.4, -0.2) is 31.7 Å². The molecule has 28 heavy (non-hydrogen) atoms. The Labute approximate surface area is 174 Å². The van der Waals surface area contributed by atoms with Crippen LogP contribution >= 0.6 is 27.5 Å². The van der Waals surface area contributed by atoms with Crippen molar-refractivity contribution in [3.63, 3.8) is 0 Å². The van der Waals surface area contributed by atoms with E-state index in [2.05, 4.69) is 21.2 Å². The van der Waals surface area contributed by atoms with Crippen LogP contribution in [0.25, 0.3) is 0 Å². The van der Waals surface area contributed by atoms with Gasteiger partial charge in [0.15, 0.2) is 11.6 Å². The van der Waals surface area contributed by atoms with Crippen molar-refractivity contribution in [1.82, 2.24) is 4.31 Å². The van der Waals surface area contributed by atoms with Crippen molar-refractivity contribution < 1.29 is 22.0 Å². The Bertz CT molecular complexity index is 1010. The Morgan fingerprint density at radius 2 is 1.79 bits per heavy atom. The van der Waals surface area contributed by atoms with E-state index >= 15 is 0 Å². The summed E-state index contributed by atoms with van der Waals surface area (Å²) in [6.07, 6.45) is 0.617. The number of piperidine rings is 1. The molecule has 1 fully saturated rings. The fourth-order valence-electron chi connectivity index (χ4n) is 2.97. The number of nitrogens with one attached hydrogen (secondary N) is 1. The van der Waals surface area contributed by atoms with Crippen molar-refractivity contribution >= 4 is 49.1 Å². The molecule has 0 bridgehead atoms. The molecule has 0 unspecified atom stereocenters. The molecule has 10 heteroatoms. The highest BCUT2D eigenvalue weighted by Crippen LogP contribution is 2.29. The number of sulfonamides is 1. The van der Waals surface area contributed by atoms with Gasteiger partial charge in [-0.15, -0.1) is 0 Å². The maximum atomic E-state index is 13.4. The standard InChI is InChI=1S/C18H16BrClF2N2O3S/c19-12-1-4-17(14(20)9-12)23-18(25)11-5-7-24(8-6-11)28(26,27)13-2-3-15(21)16(22)10-13/h1-4,9-11H,5-8H2,(H,23,25). The molecule has 150 valence electrons. The van der Waals surface area contributed by atoms with Gasteiger partial charge in [-0.05, 0) is 49.2 Å². The lowest BCUT2D eigenvalue weighted by Gasteiger charge is -2.30. The van der Waals surface area contributed by atoms with Gasteiger partial charge in [0.2, 0.25) is 15.9 Å². The number of hydrogen-bond donors (Lipinski definition) is 1.